The molecule has 0 saturated carbocycles. The lowest BCUT2D eigenvalue weighted by molar-refractivity contribution is -0.118. The second-order valence-corrected chi connectivity index (χ2v) is 5.88. The van der Waals surface area contributed by atoms with Crippen LogP contribution in [0.3, 0.4) is 0 Å². The Bertz CT molecular complexity index is 446. The number of amides is 2. The fourth-order valence-electron chi connectivity index (χ4n) is 1.39. The molecule has 2 amide bonds. The number of aromatic nitrogens is 1. The molecule has 0 aliphatic carbocycles. The molecule has 20 heavy (non-hydrogen) atoms. The van der Waals surface area contributed by atoms with Crippen LogP contribution in [0.15, 0.2) is 10.6 Å². The first-order chi connectivity index (χ1) is 9.47. The van der Waals surface area contributed by atoms with Crippen LogP contribution in [-0.2, 0) is 9.59 Å². The molecule has 0 saturated heterocycles. The molecule has 0 unspecified atom stereocenters. The second-order valence-electron chi connectivity index (χ2n) is 4.90. The number of aryl methyl sites for hydroxylation is 1. The predicted octanol–water partition coefficient (Wildman–Crippen LogP) is 1.82. The first-order valence-electron chi connectivity index (χ1n) is 6.55. The largest absolute Gasteiger partial charge is 0.360 e. The summed E-state index contributed by atoms with van der Waals surface area (Å²) < 4.78 is 4.84. The van der Waals surface area contributed by atoms with Gasteiger partial charge in [-0.05, 0) is 19.3 Å². The molecule has 0 spiro atoms. The van der Waals surface area contributed by atoms with Gasteiger partial charge in [-0.1, -0.05) is 19.0 Å². The third kappa shape index (κ3) is 7.18. The smallest absolute Gasteiger partial charge is 0.235 e. The number of carbonyl (C=O) groups is 2. The first-order valence-corrected chi connectivity index (χ1v) is 7.70. The van der Waals surface area contributed by atoms with Crippen molar-refractivity contribution in [1.29, 1.82) is 0 Å². The average molecular weight is 299 g/mol. The van der Waals surface area contributed by atoms with Gasteiger partial charge in [0, 0.05) is 12.6 Å². The molecule has 6 nitrogen and oxygen atoms in total. The summed E-state index contributed by atoms with van der Waals surface area (Å²) in [5, 5.41) is 9.08. The highest BCUT2D eigenvalue weighted by atomic mass is 32.2. The van der Waals surface area contributed by atoms with Crippen molar-refractivity contribution in [1.82, 2.24) is 10.5 Å². The normalized spacial score (nSPS) is 10.6. The van der Waals surface area contributed by atoms with E-state index in [0.717, 1.165) is 6.42 Å². The molecular weight excluding hydrogens is 278 g/mol. The van der Waals surface area contributed by atoms with Crippen LogP contribution in [0.25, 0.3) is 0 Å². The highest BCUT2D eigenvalue weighted by Gasteiger charge is 2.08. The van der Waals surface area contributed by atoms with E-state index in [2.05, 4.69) is 29.6 Å². The monoisotopic (exact) mass is 299 g/mol. The topological polar surface area (TPSA) is 84.2 Å². The van der Waals surface area contributed by atoms with Crippen LogP contribution in [-0.4, -0.2) is 35.0 Å². The molecular formula is C13H21N3O3S. The number of anilines is 1. The fourth-order valence-corrected chi connectivity index (χ4v) is 2.04. The Hall–Kier alpha value is -1.50. The Labute approximate surface area is 123 Å². The van der Waals surface area contributed by atoms with Crippen LogP contribution in [0.2, 0.25) is 0 Å². The van der Waals surface area contributed by atoms with Gasteiger partial charge in [0.25, 0.3) is 0 Å². The molecule has 2 N–H and O–H groups in total. The molecule has 0 bridgehead atoms. The Balaban J connectivity index is 2.11. The maximum absolute atomic E-state index is 11.6. The van der Waals surface area contributed by atoms with Gasteiger partial charge in [-0.2, -0.15) is 0 Å². The number of hydrogen-bond donors (Lipinski definition) is 2. The second kappa shape index (κ2) is 8.63. The SMILES string of the molecule is Cc1cc(NC(=O)CSCC(=O)NCCC(C)C)no1. The molecule has 1 rings (SSSR count). The van der Waals surface area contributed by atoms with Crippen LogP contribution in [0, 0.1) is 12.8 Å². The van der Waals surface area contributed by atoms with Gasteiger partial charge in [0.1, 0.15) is 5.76 Å². The van der Waals surface area contributed by atoms with Crippen molar-refractivity contribution in [3.63, 3.8) is 0 Å². The van der Waals surface area contributed by atoms with Crippen molar-refractivity contribution in [2.75, 3.05) is 23.4 Å². The number of thioether (sulfide) groups is 1. The van der Waals surface area contributed by atoms with Crippen molar-refractivity contribution >= 4 is 29.4 Å². The summed E-state index contributed by atoms with van der Waals surface area (Å²) in [6.45, 7) is 6.65. The summed E-state index contributed by atoms with van der Waals surface area (Å²) >= 11 is 1.27. The van der Waals surface area contributed by atoms with Gasteiger partial charge >= 0.3 is 0 Å². The van der Waals surface area contributed by atoms with Gasteiger partial charge in [-0.15, -0.1) is 11.8 Å². The summed E-state index contributed by atoms with van der Waals surface area (Å²) in [7, 11) is 0. The standard InChI is InChI=1S/C13H21N3O3S/c1-9(2)4-5-14-12(17)7-20-8-13(18)15-11-6-10(3)19-16-11/h6,9H,4-5,7-8H2,1-3H3,(H,14,17)(H,15,16,18). The molecule has 0 fully saturated rings. The van der Waals surface area contributed by atoms with Crippen molar-refractivity contribution in [3.8, 4) is 0 Å². The van der Waals surface area contributed by atoms with E-state index in [1.807, 2.05) is 0 Å². The molecule has 0 radical (unpaired) electrons. The first kappa shape index (κ1) is 16.6. The van der Waals surface area contributed by atoms with Crippen LogP contribution >= 0.6 is 11.8 Å². The van der Waals surface area contributed by atoms with Crippen LogP contribution in [0.1, 0.15) is 26.0 Å². The minimum absolute atomic E-state index is 0.0410. The third-order valence-electron chi connectivity index (χ3n) is 2.41. The molecule has 0 aromatic carbocycles. The van der Waals surface area contributed by atoms with E-state index in [1.165, 1.54) is 11.8 Å². The lowest BCUT2D eigenvalue weighted by atomic mass is 10.1. The van der Waals surface area contributed by atoms with Gasteiger partial charge < -0.3 is 15.2 Å². The van der Waals surface area contributed by atoms with Crippen molar-refractivity contribution in [2.45, 2.75) is 27.2 Å². The van der Waals surface area contributed by atoms with Crippen LogP contribution in [0.4, 0.5) is 5.82 Å². The summed E-state index contributed by atoms with van der Waals surface area (Å²) in [5.74, 6) is 1.86. The zero-order valence-corrected chi connectivity index (χ0v) is 12.9. The molecule has 0 atom stereocenters. The van der Waals surface area contributed by atoms with E-state index in [4.69, 9.17) is 4.52 Å². The Morgan fingerprint density at radius 3 is 2.65 bits per heavy atom. The van der Waals surface area contributed by atoms with Crippen molar-refractivity contribution in [2.24, 2.45) is 5.92 Å². The summed E-state index contributed by atoms with van der Waals surface area (Å²) in [6, 6.07) is 1.64. The zero-order chi connectivity index (χ0) is 15.0. The van der Waals surface area contributed by atoms with Gasteiger partial charge in [-0.25, -0.2) is 0 Å². The highest BCUT2D eigenvalue weighted by Crippen LogP contribution is 2.08. The molecule has 1 aromatic rings. The van der Waals surface area contributed by atoms with Gasteiger partial charge in [0.05, 0.1) is 11.5 Å². The molecule has 7 heteroatoms. The van der Waals surface area contributed by atoms with Gasteiger partial charge in [0.2, 0.25) is 11.8 Å². The van der Waals surface area contributed by atoms with Crippen LogP contribution < -0.4 is 10.6 Å². The number of carbonyl (C=O) groups excluding carboxylic acids is 2. The summed E-state index contributed by atoms with van der Waals surface area (Å²) in [4.78, 5) is 23.0. The fraction of sp³-hybridized carbons (Fsp3) is 0.615. The van der Waals surface area contributed by atoms with Crippen molar-refractivity contribution < 1.29 is 14.1 Å². The van der Waals surface area contributed by atoms with Gasteiger partial charge in [-0.3, -0.25) is 9.59 Å². The molecule has 0 aliphatic heterocycles. The Morgan fingerprint density at radius 1 is 1.35 bits per heavy atom. The van der Waals surface area contributed by atoms with E-state index < -0.39 is 0 Å². The van der Waals surface area contributed by atoms with E-state index in [9.17, 15) is 9.59 Å². The quantitative estimate of drug-likeness (QED) is 0.765. The minimum atomic E-state index is -0.196. The van der Waals surface area contributed by atoms with E-state index >= 15 is 0 Å². The van der Waals surface area contributed by atoms with E-state index in [-0.39, 0.29) is 23.3 Å². The summed E-state index contributed by atoms with van der Waals surface area (Å²) in [5.41, 5.74) is 0. The highest BCUT2D eigenvalue weighted by molar-refractivity contribution is 8.00. The third-order valence-corrected chi connectivity index (χ3v) is 3.34. The molecule has 1 heterocycles. The number of nitrogens with one attached hydrogen (secondary N) is 2. The zero-order valence-electron chi connectivity index (χ0n) is 12.1. The lowest BCUT2D eigenvalue weighted by Crippen LogP contribution is -2.27. The van der Waals surface area contributed by atoms with Crippen molar-refractivity contribution in [3.05, 3.63) is 11.8 Å². The Kier molecular flexibility index (Phi) is 7.14. The van der Waals surface area contributed by atoms with E-state index in [0.29, 0.717) is 24.0 Å². The average Bonchev–Trinajstić information content (AvgIpc) is 2.74. The molecule has 112 valence electrons. The summed E-state index contributed by atoms with van der Waals surface area (Å²) in [6.07, 6.45) is 0.961. The number of hydrogen-bond acceptors (Lipinski definition) is 5. The maximum atomic E-state index is 11.6. The van der Waals surface area contributed by atoms with Gasteiger partial charge in [0.15, 0.2) is 5.82 Å². The lowest BCUT2D eigenvalue weighted by Gasteiger charge is -2.06. The Morgan fingerprint density at radius 2 is 2.05 bits per heavy atom. The number of rotatable bonds is 8. The molecule has 0 aliphatic rings. The maximum Gasteiger partial charge on any atom is 0.235 e. The number of nitrogens with zero attached hydrogens (tertiary/aromatic N) is 1. The van der Waals surface area contributed by atoms with Crippen LogP contribution in [0.5, 0.6) is 0 Å². The predicted molar refractivity (Wildman–Crippen MR) is 79.7 cm³/mol. The molecule has 1 aromatic heterocycles. The minimum Gasteiger partial charge on any atom is -0.360 e. The van der Waals surface area contributed by atoms with E-state index in [1.54, 1.807) is 13.0 Å².